The second kappa shape index (κ2) is 7.53. The maximum atomic E-state index is 11.9. The summed E-state index contributed by atoms with van der Waals surface area (Å²) in [5, 5.41) is 2.60. The Balaban J connectivity index is 2.54. The molecular formula is C14H21N3O2. The van der Waals surface area contributed by atoms with Gasteiger partial charge in [0.15, 0.2) is 0 Å². The number of benzene rings is 1. The van der Waals surface area contributed by atoms with Crippen molar-refractivity contribution in [3.63, 3.8) is 0 Å². The maximum absolute atomic E-state index is 11.9. The van der Waals surface area contributed by atoms with Gasteiger partial charge in [-0.25, -0.2) is 0 Å². The zero-order chi connectivity index (χ0) is 14.3. The first-order valence-electron chi connectivity index (χ1n) is 6.43. The van der Waals surface area contributed by atoms with E-state index in [-0.39, 0.29) is 5.91 Å². The molecule has 5 nitrogen and oxygen atoms in total. The molecule has 0 aromatic heterocycles. The van der Waals surface area contributed by atoms with Crippen LogP contribution in [0.5, 0.6) is 0 Å². The van der Waals surface area contributed by atoms with Gasteiger partial charge in [0.1, 0.15) is 6.04 Å². The van der Waals surface area contributed by atoms with E-state index in [0.29, 0.717) is 12.8 Å². The molecule has 2 unspecified atom stereocenters. The van der Waals surface area contributed by atoms with E-state index in [1.807, 2.05) is 37.3 Å². The number of carbonyl (C=O) groups excluding carboxylic acids is 2. The fourth-order valence-corrected chi connectivity index (χ4v) is 1.81. The summed E-state index contributed by atoms with van der Waals surface area (Å²) >= 11 is 0. The summed E-state index contributed by atoms with van der Waals surface area (Å²) in [5.74, 6) is -0.872. The number of hydrogen-bond acceptors (Lipinski definition) is 3. The molecule has 0 saturated heterocycles. The summed E-state index contributed by atoms with van der Waals surface area (Å²) < 4.78 is 0. The molecule has 5 heteroatoms. The zero-order valence-corrected chi connectivity index (χ0v) is 11.1. The van der Waals surface area contributed by atoms with Crippen LogP contribution in [0.3, 0.4) is 0 Å². The van der Waals surface area contributed by atoms with E-state index in [2.05, 4.69) is 5.32 Å². The molecule has 1 aromatic rings. The molecule has 104 valence electrons. The Hall–Kier alpha value is -1.88. The number of hydrogen-bond donors (Lipinski definition) is 3. The lowest BCUT2D eigenvalue weighted by Gasteiger charge is -2.18. The van der Waals surface area contributed by atoms with Crippen LogP contribution in [0.25, 0.3) is 0 Å². The molecule has 0 bridgehead atoms. The third-order valence-electron chi connectivity index (χ3n) is 2.87. The van der Waals surface area contributed by atoms with Crippen LogP contribution in [0, 0.1) is 0 Å². The van der Waals surface area contributed by atoms with E-state index in [9.17, 15) is 9.59 Å². The predicted molar refractivity (Wildman–Crippen MR) is 74.2 cm³/mol. The summed E-state index contributed by atoms with van der Waals surface area (Å²) in [5.41, 5.74) is 12.0. The van der Waals surface area contributed by atoms with Gasteiger partial charge in [0, 0.05) is 0 Å². The van der Waals surface area contributed by atoms with Gasteiger partial charge in [-0.05, 0) is 18.4 Å². The second-order valence-electron chi connectivity index (χ2n) is 4.55. The highest BCUT2D eigenvalue weighted by Gasteiger charge is 2.21. The number of carbonyl (C=O) groups is 2. The van der Waals surface area contributed by atoms with Crippen LogP contribution in [-0.4, -0.2) is 23.9 Å². The van der Waals surface area contributed by atoms with Gasteiger partial charge in [-0.2, -0.15) is 0 Å². The van der Waals surface area contributed by atoms with Crippen molar-refractivity contribution in [3.8, 4) is 0 Å². The Bertz CT molecular complexity index is 420. The fraction of sp³-hybridized carbons (Fsp3) is 0.429. The maximum Gasteiger partial charge on any atom is 0.240 e. The first-order valence-corrected chi connectivity index (χ1v) is 6.43. The van der Waals surface area contributed by atoms with Gasteiger partial charge in [-0.1, -0.05) is 43.7 Å². The van der Waals surface area contributed by atoms with Gasteiger partial charge in [0.05, 0.1) is 6.04 Å². The zero-order valence-electron chi connectivity index (χ0n) is 11.1. The molecule has 0 fully saturated rings. The average molecular weight is 263 g/mol. The minimum absolute atomic E-state index is 0.346. The largest absolute Gasteiger partial charge is 0.368 e. The molecule has 2 amide bonds. The second-order valence-corrected chi connectivity index (χ2v) is 4.55. The Morgan fingerprint density at radius 2 is 1.89 bits per heavy atom. The van der Waals surface area contributed by atoms with E-state index < -0.39 is 18.0 Å². The lowest BCUT2D eigenvalue weighted by molar-refractivity contribution is -0.128. The highest BCUT2D eigenvalue weighted by molar-refractivity contribution is 5.89. The number of rotatable bonds is 7. The first-order chi connectivity index (χ1) is 9.04. The first kappa shape index (κ1) is 15.2. The monoisotopic (exact) mass is 263 g/mol. The molecule has 0 aliphatic rings. The number of amides is 2. The normalized spacial score (nSPS) is 13.6. The van der Waals surface area contributed by atoms with Crippen molar-refractivity contribution in [2.75, 3.05) is 0 Å². The van der Waals surface area contributed by atoms with E-state index in [0.717, 1.165) is 12.0 Å². The SMILES string of the molecule is CCCC(NC(=O)C(N)Cc1ccccc1)C(N)=O. The molecule has 5 N–H and O–H groups in total. The predicted octanol–water partition coefficient (Wildman–Crippen LogP) is 0.327. The van der Waals surface area contributed by atoms with Crippen LogP contribution in [0.15, 0.2) is 30.3 Å². The fourth-order valence-electron chi connectivity index (χ4n) is 1.81. The highest BCUT2D eigenvalue weighted by Crippen LogP contribution is 2.03. The molecule has 1 aromatic carbocycles. The van der Waals surface area contributed by atoms with E-state index in [1.165, 1.54) is 0 Å². The summed E-state index contributed by atoms with van der Waals surface area (Å²) in [7, 11) is 0. The van der Waals surface area contributed by atoms with E-state index >= 15 is 0 Å². The van der Waals surface area contributed by atoms with Gasteiger partial charge >= 0.3 is 0 Å². The van der Waals surface area contributed by atoms with Crippen molar-refractivity contribution in [2.24, 2.45) is 11.5 Å². The number of nitrogens with two attached hydrogens (primary N) is 2. The van der Waals surface area contributed by atoms with Crippen LogP contribution in [0.4, 0.5) is 0 Å². The Morgan fingerprint density at radius 1 is 1.26 bits per heavy atom. The quantitative estimate of drug-likeness (QED) is 0.661. The van der Waals surface area contributed by atoms with E-state index in [4.69, 9.17) is 11.5 Å². The van der Waals surface area contributed by atoms with Crippen LogP contribution in [0.2, 0.25) is 0 Å². The number of primary amides is 1. The van der Waals surface area contributed by atoms with Gasteiger partial charge in [0.2, 0.25) is 11.8 Å². The van der Waals surface area contributed by atoms with Gasteiger partial charge in [-0.3, -0.25) is 9.59 Å². The van der Waals surface area contributed by atoms with Crippen LogP contribution in [-0.2, 0) is 16.0 Å². The van der Waals surface area contributed by atoms with E-state index in [1.54, 1.807) is 0 Å². The molecule has 0 saturated carbocycles. The highest BCUT2D eigenvalue weighted by atomic mass is 16.2. The molecular weight excluding hydrogens is 242 g/mol. The van der Waals surface area contributed by atoms with Crippen LogP contribution in [0.1, 0.15) is 25.3 Å². The van der Waals surface area contributed by atoms with Crippen molar-refractivity contribution >= 4 is 11.8 Å². The van der Waals surface area contributed by atoms with Gasteiger partial charge < -0.3 is 16.8 Å². The molecule has 0 spiro atoms. The molecule has 0 aliphatic heterocycles. The summed E-state index contributed by atoms with van der Waals surface area (Å²) in [6, 6.07) is 8.18. The van der Waals surface area contributed by atoms with Crippen LogP contribution >= 0.6 is 0 Å². The summed E-state index contributed by atoms with van der Waals surface area (Å²) in [6.07, 6.45) is 1.73. The summed E-state index contributed by atoms with van der Waals surface area (Å²) in [4.78, 5) is 23.1. The minimum atomic E-state index is -0.680. The molecule has 0 heterocycles. The molecule has 2 atom stereocenters. The Morgan fingerprint density at radius 3 is 2.42 bits per heavy atom. The summed E-state index contributed by atoms with van der Waals surface area (Å²) in [6.45, 7) is 1.92. The van der Waals surface area contributed by atoms with Gasteiger partial charge in [-0.15, -0.1) is 0 Å². The molecule has 0 aliphatic carbocycles. The van der Waals surface area contributed by atoms with Crippen molar-refractivity contribution in [2.45, 2.75) is 38.3 Å². The average Bonchev–Trinajstić information content (AvgIpc) is 2.39. The van der Waals surface area contributed by atoms with Crippen molar-refractivity contribution in [1.82, 2.24) is 5.32 Å². The van der Waals surface area contributed by atoms with Crippen LogP contribution < -0.4 is 16.8 Å². The third kappa shape index (κ3) is 5.09. The Kier molecular flexibility index (Phi) is 6.02. The van der Waals surface area contributed by atoms with Crippen molar-refractivity contribution in [1.29, 1.82) is 0 Å². The Labute approximate surface area is 113 Å². The molecule has 1 rings (SSSR count). The standard InChI is InChI=1S/C14H21N3O2/c1-2-6-12(13(16)18)17-14(19)11(15)9-10-7-4-3-5-8-10/h3-5,7-8,11-12H,2,6,9,15H2,1H3,(H2,16,18)(H,17,19). The lowest BCUT2D eigenvalue weighted by atomic mass is 10.1. The smallest absolute Gasteiger partial charge is 0.240 e. The number of nitrogens with one attached hydrogen (secondary N) is 1. The third-order valence-corrected chi connectivity index (χ3v) is 2.87. The van der Waals surface area contributed by atoms with Crippen molar-refractivity contribution in [3.05, 3.63) is 35.9 Å². The van der Waals surface area contributed by atoms with Crippen molar-refractivity contribution < 1.29 is 9.59 Å². The molecule has 0 radical (unpaired) electrons. The topological polar surface area (TPSA) is 98.2 Å². The molecule has 19 heavy (non-hydrogen) atoms. The minimum Gasteiger partial charge on any atom is -0.368 e. The van der Waals surface area contributed by atoms with Gasteiger partial charge in [0.25, 0.3) is 0 Å². The lowest BCUT2D eigenvalue weighted by Crippen LogP contribution is -2.50.